The molecule has 7 atom stereocenters. The molecule has 0 spiro atoms. The van der Waals surface area contributed by atoms with Crippen molar-refractivity contribution >= 4 is 41.6 Å². The number of rotatable bonds is 16. The SMILES string of the molecule is CCCCCC[C@H]1OC(=O)CNC(=O)[C@H]([C@H](C)OCc2ccccc2)NC(=O)[C@H](CNC(=O)OCc2ccccc2)NC(=O)[C@H](C2CCCCCC2)NC(=O)[C@H](CC(C)C)N(C)C(=O)[C@@H]1C. The first-order valence-electron chi connectivity index (χ1n) is 23.9. The van der Waals surface area contributed by atoms with Crippen LogP contribution in [0.25, 0.3) is 0 Å². The number of carbonyl (C=O) groups is 7. The summed E-state index contributed by atoms with van der Waals surface area (Å²) in [6.45, 7) is 8.20. The lowest BCUT2D eigenvalue weighted by Crippen LogP contribution is -2.63. The monoisotopic (exact) mass is 919 g/mol. The Hall–Kier alpha value is -5.51. The molecule has 16 nitrogen and oxygen atoms in total. The second kappa shape index (κ2) is 27.8. The average molecular weight is 919 g/mol. The van der Waals surface area contributed by atoms with Crippen LogP contribution in [0, 0.1) is 17.8 Å². The lowest BCUT2D eigenvalue weighted by molar-refractivity contribution is -0.158. The third-order valence-corrected chi connectivity index (χ3v) is 12.4. The maximum Gasteiger partial charge on any atom is 0.407 e. The van der Waals surface area contributed by atoms with Crippen molar-refractivity contribution in [1.82, 2.24) is 31.5 Å². The van der Waals surface area contributed by atoms with Gasteiger partial charge in [-0.05, 0) is 62.0 Å². The van der Waals surface area contributed by atoms with Crippen molar-refractivity contribution in [3.8, 4) is 0 Å². The molecular formula is C50H74N6O10. The van der Waals surface area contributed by atoms with Gasteiger partial charge in [-0.15, -0.1) is 0 Å². The normalized spacial score (nSPS) is 24.0. The summed E-state index contributed by atoms with van der Waals surface area (Å²) in [4.78, 5) is 100. The zero-order chi connectivity index (χ0) is 48.0. The van der Waals surface area contributed by atoms with Crippen molar-refractivity contribution in [2.24, 2.45) is 17.8 Å². The predicted octanol–water partition coefficient (Wildman–Crippen LogP) is 5.46. The van der Waals surface area contributed by atoms with E-state index in [1.165, 1.54) is 4.90 Å². The van der Waals surface area contributed by atoms with Gasteiger partial charge in [0.15, 0.2) is 0 Å². The number of hydrogen-bond donors (Lipinski definition) is 5. The van der Waals surface area contributed by atoms with Gasteiger partial charge >= 0.3 is 12.1 Å². The fraction of sp³-hybridized carbons (Fsp3) is 0.620. The number of amides is 6. The van der Waals surface area contributed by atoms with E-state index < -0.39 is 97.0 Å². The van der Waals surface area contributed by atoms with Gasteiger partial charge in [0.2, 0.25) is 29.5 Å². The molecule has 0 unspecified atom stereocenters. The summed E-state index contributed by atoms with van der Waals surface area (Å²) in [5.41, 5.74) is 1.54. The van der Waals surface area contributed by atoms with Gasteiger partial charge < -0.3 is 45.7 Å². The molecule has 1 aliphatic carbocycles. The first kappa shape index (κ1) is 53.1. The molecule has 2 aromatic carbocycles. The average Bonchev–Trinajstić information content (AvgIpc) is 3.60. The van der Waals surface area contributed by atoms with E-state index in [0.717, 1.165) is 56.1 Å². The Bertz CT molecular complexity index is 1860. The molecule has 0 bridgehead atoms. The van der Waals surface area contributed by atoms with Crippen molar-refractivity contribution < 1.29 is 47.8 Å². The van der Waals surface area contributed by atoms with Crippen molar-refractivity contribution in [1.29, 1.82) is 0 Å². The molecule has 2 fully saturated rings. The number of carbonyl (C=O) groups excluding carboxylic acids is 7. The maximum atomic E-state index is 14.7. The van der Waals surface area contributed by atoms with Gasteiger partial charge in [-0.25, -0.2) is 4.79 Å². The molecule has 0 radical (unpaired) electrons. The van der Waals surface area contributed by atoms with Crippen LogP contribution in [0.5, 0.6) is 0 Å². The molecule has 6 amide bonds. The molecule has 0 aromatic heterocycles. The summed E-state index contributed by atoms with van der Waals surface area (Å²) in [5, 5.41) is 13.7. The van der Waals surface area contributed by atoms with Gasteiger partial charge in [-0.1, -0.05) is 133 Å². The second-order valence-corrected chi connectivity index (χ2v) is 18.2. The highest BCUT2D eigenvalue weighted by Crippen LogP contribution is 2.27. The number of hydrogen-bond acceptors (Lipinski definition) is 10. The number of likely N-dealkylation sites (N-methyl/N-ethyl adjacent to an activating group) is 1. The third kappa shape index (κ3) is 17.4. The summed E-state index contributed by atoms with van der Waals surface area (Å²) in [7, 11) is 1.55. The van der Waals surface area contributed by atoms with Crippen LogP contribution in [-0.2, 0) is 56.2 Å². The fourth-order valence-corrected chi connectivity index (χ4v) is 8.45. The molecule has 2 aliphatic rings. The highest BCUT2D eigenvalue weighted by Gasteiger charge is 2.40. The van der Waals surface area contributed by atoms with Crippen molar-refractivity contribution in [2.75, 3.05) is 20.1 Å². The minimum absolute atomic E-state index is 0.0304. The van der Waals surface area contributed by atoms with Gasteiger partial charge in [0.05, 0.1) is 25.2 Å². The Morgan fingerprint density at radius 1 is 0.788 bits per heavy atom. The molecule has 4 rings (SSSR count). The summed E-state index contributed by atoms with van der Waals surface area (Å²) < 4.78 is 17.5. The Morgan fingerprint density at radius 2 is 1.42 bits per heavy atom. The molecule has 1 saturated heterocycles. The third-order valence-electron chi connectivity index (χ3n) is 12.4. The number of unbranched alkanes of at least 4 members (excludes halogenated alkanes) is 3. The minimum Gasteiger partial charge on any atom is -0.460 e. The van der Waals surface area contributed by atoms with E-state index in [1.807, 2.05) is 50.2 Å². The predicted molar refractivity (Wildman–Crippen MR) is 249 cm³/mol. The van der Waals surface area contributed by atoms with E-state index in [9.17, 15) is 33.6 Å². The van der Waals surface area contributed by atoms with Crippen LogP contribution in [0.4, 0.5) is 4.79 Å². The van der Waals surface area contributed by atoms with Crippen LogP contribution in [-0.4, -0.2) is 103 Å². The van der Waals surface area contributed by atoms with Crippen molar-refractivity contribution in [3.63, 3.8) is 0 Å². The molecule has 66 heavy (non-hydrogen) atoms. The minimum atomic E-state index is -1.49. The van der Waals surface area contributed by atoms with Crippen LogP contribution >= 0.6 is 0 Å². The van der Waals surface area contributed by atoms with Gasteiger partial charge in [0, 0.05) is 7.05 Å². The number of benzene rings is 2. The molecule has 16 heteroatoms. The second-order valence-electron chi connectivity index (χ2n) is 18.2. The highest BCUT2D eigenvalue weighted by molar-refractivity contribution is 5.96. The Kier molecular flexibility index (Phi) is 22.4. The van der Waals surface area contributed by atoms with Crippen LogP contribution in [0.3, 0.4) is 0 Å². The van der Waals surface area contributed by atoms with Gasteiger partial charge in [0.25, 0.3) is 0 Å². The van der Waals surface area contributed by atoms with E-state index in [1.54, 1.807) is 45.2 Å². The van der Waals surface area contributed by atoms with Crippen LogP contribution in [0.2, 0.25) is 0 Å². The van der Waals surface area contributed by atoms with E-state index >= 15 is 0 Å². The largest absolute Gasteiger partial charge is 0.460 e. The summed E-state index contributed by atoms with van der Waals surface area (Å²) in [6.07, 6.45) is 6.24. The molecular weight excluding hydrogens is 845 g/mol. The molecule has 1 saturated carbocycles. The first-order chi connectivity index (χ1) is 31.7. The van der Waals surface area contributed by atoms with Crippen LogP contribution < -0.4 is 26.6 Å². The number of alkyl carbamates (subject to hydrolysis) is 1. The molecule has 1 heterocycles. The standard InChI is InChI=1S/C50H74N6O10/c1-7-8-9-20-27-41-34(4)49(62)56(6)40(28-33(2)3)46(59)55-44(38-25-18-10-11-19-26-38)48(61)53-39(29-52-50(63)65-32-37-23-16-13-17-24-37)45(58)54-43(47(60)51-30-42(57)66-41)35(5)64-31-36-21-14-12-15-22-36/h12-17,21-24,33-35,38-41,43-44H,7-11,18-20,25-32H2,1-6H3,(H,51,60)(H,52,63)(H,53,61)(H,54,58)(H,55,59)/t34-,35+,39+,40+,41-,43+,44+/m1/s1. The lowest BCUT2D eigenvalue weighted by Gasteiger charge is -2.35. The van der Waals surface area contributed by atoms with Crippen molar-refractivity contribution in [2.45, 2.75) is 161 Å². The number of nitrogens with one attached hydrogen (secondary N) is 5. The highest BCUT2D eigenvalue weighted by atomic mass is 16.6. The number of ether oxygens (including phenoxy) is 3. The zero-order valence-electron chi connectivity index (χ0n) is 39.8. The van der Waals surface area contributed by atoms with Gasteiger partial charge in [-0.3, -0.25) is 28.8 Å². The summed E-state index contributed by atoms with van der Waals surface area (Å²) in [5.74, 6) is -5.23. The molecule has 364 valence electrons. The van der Waals surface area contributed by atoms with Gasteiger partial charge in [0.1, 0.15) is 43.4 Å². The van der Waals surface area contributed by atoms with E-state index in [0.29, 0.717) is 25.7 Å². The number of cyclic esters (lactones) is 1. The van der Waals surface area contributed by atoms with E-state index in [2.05, 4.69) is 33.5 Å². The molecule has 2 aromatic rings. The van der Waals surface area contributed by atoms with Crippen molar-refractivity contribution in [3.05, 3.63) is 71.8 Å². The topological polar surface area (TPSA) is 211 Å². The Morgan fingerprint density at radius 3 is 2.05 bits per heavy atom. The van der Waals surface area contributed by atoms with E-state index in [4.69, 9.17) is 14.2 Å². The molecule has 1 aliphatic heterocycles. The number of nitrogens with zero attached hydrogens (tertiary/aromatic N) is 1. The van der Waals surface area contributed by atoms with Crippen LogP contribution in [0.15, 0.2) is 60.7 Å². The summed E-state index contributed by atoms with van der Waals surface area (Å²) >= 11 is 0. The first-order valence-corrected chi connectivity index (χ1v) is 23.9. The molecule has 5 N–H and O–H groups in total. The summed E-state index contributed by atoms with van der Waals surface area (Å²) in [6, 6.07) is 13.2. The maximum absolute atomic E-state index is 14.7. The fourth-order valence-electron chi connectivity index (χ4n) is 8.45. The quantitative estimate of drug-likeness (QED) is 0.0815. The van der Waals surface area contributed by atoms with E-state index in [-0.39, 0.29) is 31.5 Å². The number of esters is 1. The lowest BCUT2D eigenvalue weighted by atomic mass is 9.90. The smallest absolute Gasteiger partial charge is 0.407 e. The zero-order valence-corrected chi connectivity index (χ0v) is 39.8. The Balaban J connectivity index is 1.75. The Labute approximate surface area is 390 Å². The van der Waals surface area contributed by atoms with Gasteiger partial charge in [-0.2, -0.15) is 0 Å². The van der Waals surface area contributed by atoms with Crippen LogP contribution in [0.1, 0.15) is 123 Å².